The Morgan fingerprint density at radius 1 is 1.14 bits per heavy atom. The Balaban J connectivity index is 1.34. The highest BCUT2D eigenvalue weighted by Gasteiger charge is 2.38. The number of carbonyl (C=O) groups is 1. The lowest BCUT2D eigenvalue weighted by atomic mass is 9.88. The van der Waals surface area contributed by atoms with Crippen molar-refractivity contribution in [1.29, 1.82) is 0 Å². The van der Waals surface area contributed by atoms with Crippen LogP contribution in [0.15, 0.2) is 47.2 Å². The standard InChI is InChI=1S/C26H36F2N4O4S/c1-20(31-14-9-21(10-15-31)17-25(33)29-24-11-16-36-30-24)18-32(23-5-3-2-4-6-23)37(34,35)19-22-7-12-26(27,28)13-8-22/h2-6,11,16,20-22H,7-10,12-15,17-19H2,1H3,(H,29,30,33)/t20-/m1/s1. The van der Waals surface area contributed by atoms with E-state index < -0.39 is 15.9 Å². The first-order valence-electron chi connectivity index (χ1n) is 13.0. The second kappa shape index (κ2) is 11.9. The van der Waals surface area contributed by atoms with Crippen molar-refractivity contribution in [3.63, 3.8) is 0 Å². The minimum absolute atomic E-state index is 0.0458. The molecule has 0 radical (unpaired) electrons. The first-order valence-corrected chi connectivity index (χ1v) is 14.6. The predicted molar refractivity (Wildman–Crippen MR) is 138 cm³/mol. The van der Waals surface area contributed by atoms with E-state index in [0.29, 0.717) is 17.9 Å². The van der Waals surface area contributed by atoms with E-state index in [9.17, 15) is 22.0 Å². The van der Waals surface area contributed by atoms with Gasteiger partial charge in [0.25, 0.3) is 0 Å². The van der Waals surface area contributed by atoms with Gasteiger partial charge in [0.1, 0.15) is 6.26 Å². The van der Waals surface area contributed by atoms with Gasteiger partial charge in [0.15, 0.2) is 5.82 Å². The number of nitrogens with zero attached hydrogens (tertiary/aromatic N) is 3. The average Bonchev–Trinajstić information content (AvgIpc) is 3.37. The van der Waals surface area contributed by atoms with Gasteiger partial charge in [-0.1, -0.05) is 23.4 Å². The molecule has 2 heterocycles. The summed E-state index contributed by atoms with van der Waals surface area (Å²) in [5.74, 6) is -2.51. The van der Waals surface area contributed by atoms with Crippen LogP contribution in [0.5, 0.6) is 0 Å². The fraction of sp³-hybridized carbons (Fsp3) is 0.615. The van der Waals surface area contributed by atoms with E-state index in [1.807, 2.05) is 13.0 Å². The van der Waals surface area contributed by atoms with Crippen molar-refractivity contribution in [2.75, 3.05) is 35.0 Å². The predicted octanol–water partition coefficient (Wildman–Crippen LogP) is 4.77. The molecular weight excluding hydrogens is 502 g/mol. The van der Waals surface area contributed by atoms with E-state index in [-0.39, 0.29) is 61.8 Å². The van der Waals surface area contributed by atoms with Gasteiger partial charge in [0, 0.05) is 37.9 Å². The highest BCUT2D eigenvalue weighted by molar-refractivity contribution is 7.92. The molecule has 11 heteroatoms. The van der Waals surface area contributed by atoms with Crippen molar-refractivity contribution < 1.29 is 26.5 Å². The summed E-state index contributed by atoms with van der Waals surface area (Å²) in [6.45, 7) is 3.84. The maximum absolute atomic E-state index is 13.6. The number of likely N-dealkylation sites (tertiary alicyclic amines) is 1. The monoisotopic (exact) mass is 538 g/mol. The number of anilines is 2. The Kier molecular flexibility index (Phi) is 8.84. The number of para-hydroxylation sites is 1. The number of amides is 1. The van der Waals surface area contributed by atoms with E-state index in [4.69, 9.17) is 4.52 Å². The number of sulfonamides is 1. The van der Waals surface area contributed by atoms with Gasteiger partial charge in [0.2, 0.25) is 21.9 Å². The molecule has 2 fully saturated rings. The molecule has 1 aliphatic carbocycles. The first-order chi connectivity index (χ1) is 17.6. The number of hydrogen-bond acceptors (Lipinski definition) is 6. The normalized spacial score (nSPS) is 20.4. The van der Waals surface area contributed by atoms with E-state index in [1.165, 1.54) is 10.6 Å². The molecule has 0 spiro atoms. The van der Waals surface area contributed by atoms with Crippen LogP contribution in [0, 0.1) is 11.8 Å². The van der Waals surface area contributed by atoms with Crippen molar-refractivity contribution in [2.45, 2.75) is 63.8 Å². The molecule has 2 aromatic rings. The zero-order valence-electron chi connectivity index (χ0n) is 21.2. The minimum Gasteiger partial charge on any atom is -0.363 e. The molecule has 4 rings (SSSR count). The van der Waals surface area contributed by atoms with Crippen LogP contribution in [0.4, 0.5) is 20.3 Å². The highest BCUT2D eigenvalue weighted by atomic mass is 32.2. The second-order valence-electron chi connectivity index (χ2n) is 10.4. The number of hydrogen-bond donors (Lipinski definition) is 1. The number of alkyl halides is 2. The number of carbonyl (C=O) groups excluding carboxylic acids is 1. The third kappa shape index (κ3) is 7.73. The number of benzene rings is 1. The average molecular weight is 539 g/mol. The van der Waals surface area contributed by atoms with Crippen molar-refractivity contribution in [2.24, 2.45) is 11.8 Å². The lowest BCUT2D eigenvalue weighted by Gasteiger charge is -2.38. The molecule has 2 aliphatic rings. The minimum atomic E-state index is -3.70. The Hall–Kier alpha value is -2.53. The molecule has 1 aromatic carbocycles. The quantitative estimate of drug-likeness (QED) is 0.468. The molecule has 1 saturated heterocycles. The number of aromatic nitrogens is 1. The summed E-state index contributed by atoms with van der Waals surface area (Å²) >= 11 is 0. The largest absolute Gasteiger partial charge is 0.363 e. The number of piperidine rings is 1. The molecule has 1 amide bonds. The molecule has 0 unspecified atom stereocenters. The Labute approximate surface area is 217 Å². The van der Waals surface area contributed by atoms with Crippen LogP contribution in [0.2, 0.25) is 0 Å². The molecule has 1 saturated carbocycles. The summed E-state index contributed by atoms with van der Waals surface area (Å²) in [7, 11) is -3.70. The van der Waals surface area contributed by atoms with Gasteiger partial charge in [-0.3, -0.25) is 14.0 Å². The van der Waals surface area contributed by atoms with Crippen LogP contribution < -0.4 is 9.62 Å². The number of nitrogens with one attached hydrogen (secondary N) is 1. The lowest BCUT2D eigenvalue weighted by Crippen LogP contribution is -2.48. The summed E-state index contributed by atoms with van der Waals surface area (Å²) in [4.78, 5) is 14.5. The van der Waals surface area contributed by atoms with Crippen LogP contribution in [0.3, 0.4) is 0 Å². The maximum atomic E-state index is 13.6. The molecule has 8 nitrogen and oxygen atoms in total. The van der Waals surface area contributed by atoms with Gasteiger partial charge in [-0.05, 0) is 69.7 Å². The second-order valence-corrected chi connectivity index (χ2v) is 12.3. The van der Waals surface area contributed by atoms with Crippen LogP contribution >= 0.6 is 0 Å². The topological polar surface area (TPSA) is 95.8 Å². The highest BCUT2D eigenvalue weighted by Crippen LogP contribution is 2.37. The Bertz CT molecular complexity index is 1100. The molecule has 1 atom stereocenters. The Morgan fingerprint density at radius 3 is 2.43 bits per heavy atom. The number of halogens is 2. The van der Waals surface area contributed by atoms with Gasteiger partial charge in [-0.15, -0.1) is 0 Å². The van der Waals surface area contributed by atoms with Gasteiger partial charge in [-0.2, -0.15) is 0 Å². The SMILES string of the molecule is C[C@H](CN(c1ccccc1)S(=O)(=O)CC1CCC(F)(F)CC1)N1CCC(CC(=O)Nc2ccon2)CC1. The zero-order valence-corrected chi connectivity index (χ0v) is 22.0. The van der Waals surface area contributed by atoms with Crippen molar-refractivity contribution >= 4 is 27.4 Å². The summed E-state index contributed by atoms with van der Waals surface area (Å²) in [6.07, 6.45) is 3.43. The maximum Gasteiger partial charge on any atom is 0.248 e. The van der Waals surface area contributed by atoms with Crippen LogP contribution in [-0.2, 0) is 14.8 Å². The fourth-order valence-electron chi connectivity index (χ4n) is 5.31. The van der Waals surface area contributed by atoms with Gasteiger partial charge in [0.05, 0.1) is 11.4 Å². The number of rotatable bonds is 10. The van der Waals surface area contributed by atoms with E-state index >= 15 is 0 Å². The van der Waals surface area contributed by atoms with E-state index in [1.54, 1.807) is 30.3 Å². The fourth-order valence-corrected chi connectivity index (χ4v) is 7.31. The van der Waals surface area contributed by atoms with Crippen molar-refractivity contribution in [3.8, 4) is 0 Å². The summed E-state index contributed by atoms with van der Waals surface area (Å²) in [5, 5.41) is 6.43. The summed E-state index contributed by atoms with van der Waals surface area (Å²) in [5.41, 5.74) is 0.593. The molecule has 204 valence electrons. The third-order valence-corrected chi connectivity index (χ3v) is 9.47. The molecular formula is C26H36F2N4O4S. The summed E-state index contributed by atoms with van der Waals surface area (Å²) in [6, 6.07) is 10.6. The van der Waals surface area contributed by atoms with Crippen molar-refractivity contribution in [1.82, 2.24) is 10.1 Å². The van der Waals surface area contributed by atoms with E-state index in [2.05, 4.69) is 15.4 Å². The van der Waals surface area contributed by atoms with Crippen LogP contribution in [0.25, 0.3) is 0 Å². The lowest BCUT2D eigenvalue weighted by molar-refractivity contribution is -0.117. The molecule has 1 aliphatic heterocycles. The van der Waals surface area contributed by atoms with Gasteiger partial charge < -0.3 is 9.84 Å². The smallest absolute Gasteiger partial charge is 0.248 e. The molecule has 37 heavy (non-hydrogen) atoms. The van der Waals surface area contributed by atoms with Crippen LogP contribution in [0.1, 0.15) is 51.9 Å². The van der Waals surface area contributed by atoms with Gasteiger partial charge >= 0.3 is 0 Å². The molecule has 1 N–H and O–H groups in total. The van der Waals surface area contributed by atoms with E-state index in [0.717, 1.165) is 25.9 Å². The Morgan fingerprint density at radius 2 is 1.81 bits per heavy atom. The molecule has 1 aromatic heterocycles. The summed E-state index contributed by atoms with van der Waals surface area (Å²) < 4.78 is 60.5. The first kappa shape index (κ1) is 27.5. The zero-order chi connectivity index (χ0) is 26.5. The van der Waals surface area contributed by atoms with Crippen molar-refractivity contribution in [3.05, 3.63) is 42.7 Å². The van der Waals surface area contributed by atoms with Crippen LogP contribution in [-0.4, -0.2) is 61.7 Å². The molecule has 0 bridgehead atoms. The van der Waals surface area contributed by atoms with Gasteiger partial charge in [-0.25, -0.2) is 17.2 Å². The third-order valence-electron chi connectivity index (χ3n) is 7.54.